The summed E-state index contributed by atoms with van der Waals surface area (Å²) in [5, 5.41) is 13.0. The minimum Gasteiger partial charge on any atom is -0.495 e. The molecule has 1 saturated heterocycles. The molecule has 3 rings (SSSR count). The lowest BCUT2D eigenvalue weighted by atomic mass is 10.1. The second-order valence-corrected chi connectivity index (χ2v) is 8.11. The first-order valence-corrected chi connectivity index (χ1v) is 9.94. The van der Waals surface area contributed by atoms with Crippen LogP contribution in [0.25, 0.3) is 6.08 Å². The van der Waals surface area contributed by atoms with E-state index in [9.17, 15) is 13.2 Å². The van der Waals surface area contributed by atoms with Crippen molar-refractivity contribution in [2.24, 2.45) is 0 Å². The summed E-state index contributed by atoms with van der Waals surface area (Å²) in [6.07, 6.45) is 7.25. The van der Waals surface area contributed by atoms with Crippen LogP contribution in [0.4, 0.5) is 0 Å². The van der Waals surface area contributed by atoms with Gasteiger partial charge in [0.15, 0.2) is 0 Å². The smallest absolute Gasteiger partial charge is 0.328 e. The lowest BCUT2D eigenvalue weighted by molar-refractivity contribution is -0.131. The van der Waals surface area contributed by atoms with Crippen LogP contribution in [0.1, 0.15) is 24.4 Å². The molecule has 1 aromatic heterocycles. The predicted octanol–water partition coefficient (Wildman–Crippen LogP) is 2.02. The second-order valence-electron chi connectivity index (χ2n) is 6.20. The van der Waals surface area contributed by atoms with E-state index in [0.717, 1.165) is 6.08 Å². The number of ether oxygens (including phenoxy) is 1. The Hall–Kier alpha value is -2.65. The zero-order valence-electron chi connectivity index (χ0n) is 14.9. The summed E-state index contributed by atoms with van der Waals surface area (Å²) in [6, 6.07) is 6.61. The van der Waals surface area contributed by atoms with Crippen LogP contribution in [0.5, 0.6) is 5.75 Å². The monoisotopic (exact) mass is 391 g/mol. The van der Waals surface area contributed by atoms with Gasteiger partial charge < -0.3 is 9.84 Å². The number of piperidine rings is 1. The number of aliphatic carboxylic acids is 1. The second kappa shape index (κ2) is 7.93. The summed E-state index contributed by atoms with van der Waals surface area (Å²) in [6.45, 7) is 0.760. The average molecular weight is 391 g/mol. The van der Waals surface area contributed by atoms with Crippen molar-refractivity contribution in [3.63, 3.8) is 0 Å². The highest BCUT2D eigenvalue weighted by atomic mass is 32.2. The van der Waals surface area contributed by atoms with Gasteiger partial charge in [0.05, 0.1) is 13.2 Å². The molecule has 144 valence electrons. The van der Waals surface area contributed by atoms with Crippen molar-refractivity contribution in [2.45, 2.75) is 23.8 Å². The quantitative estimate of drug-likeness (QED) is 0.756. The number of methoxy groups -OCH3 is 1. The van der Waals surface area contributed by atoms with E-state index < -0.39 is 16.0 Å². The van der Waals surface area contributed by atoms with Gasteiger partial charge in [0.1, 0.15) is 10.6 Å². The van der Waals surface area contributed by atoms with Crippen LogP contribution in [0.3, 0.4) is 0 Å². The zero-order valence-corrected chi connectivity index (χ0v) is 15.7. The minimum absolute atomic E-state index is 0.0371. The van der Waals surface area contributed by atoms with Gasteiger partial charge in [-0.3, -0.25) is 4.68 Å². The molecule has 2 aromatic rings. The maximum Gasteiger partial charge on any atom is 0.328 e. The summed E-state index contributed by atoms with van der Waals surface area (Å²) in [5.41, 5.74) is 0.475. The van der Waals surface area contributed by atoms with Crippen LogP contribution in [-0.2, 0) is 14.8 Å². The van der Waals surface area contributed by atoms with E-state index in [2.05, 4.69) is 5.10 Å². The van der Waals surface area contributed by atoms with Gasteiger partial charge in [-0.05, 0) is 42.7 Å². The van der Waals surface area contributed by atoms with Gasteiger partial charge in [0.25, 0.3) is 0 Å². The average Bonchev–Trinajstić information content (AvgIpc) is 3.21. The molecule has 8 nitrogen and oxygen atoms in total. The number of hydrogen-bond donors (Lipinski definition) is 1. The van der Waals surface area contributed by atoms with E-state index in [1.807, 2.05) is 16.9 Å². The van der Waals surface area contributed by atoms with Crippen LogP contribution in [-0.4, -0.2) is 53.8 Å². The molecule has 0 bridgehead atoms. The van der Waals surface area contributed by atoms with E-state index in [0.29, 0.717) is 31.5 Å². The van der Waals surface area contributed by atoms with Crippen LogP contribution in [0.2, 0.25) is 0 Å². The topological polar surface area (TPSA) is 102 Å². The number of carbonyl (C=O) groups is 1. The SMILES string of the molecule is COc1ccc(C=CC(=O)O)cc1S(=O)(=O)N1CCC(n2cccn2)CC1. The molecule has 0 saturated carbocycles. The molecule has 1 aromatic carbocycles. The molecule has 1 N–H and O–H groups in total. The predicted molar refractivity (Wildman–Crippen MR) is 98.9 cm³/mol. The molecule has 1 fully saturated rings. The molecule has 1 aliphatic rings. The van der Waals surface area contributed by atoms with Gasteiger partial charge in [-0.1, -0.05) is 6.07 Å². The maximum atomic E-state index is 13.1. The first-order chi connectivity index (χ1) is 12.9. The van der Waals surface area contributed by atoms with Gasteiger partial charge in [0, 0.05) is 31.6 Å². The molecule has 0 unspecified atom stereocenters. The summed E-state index contributed by atoms with van der Waals surface area (Å²) >= 11 is 0. The number of aromatic nitrogens is 2. The summed E-state index contributed by atoms with van der Waals surface area (Å²) in [5.74, 6) is -0.868. The number of sulfonamides is 1. The van der Waals surface area contributed by atoms with Crippen LogP contribution in [0.15, 0.2) is 47.6 Å². The van der Waals surface area contributed by atoms with Crippen LogP contribution < -0.4 is 4.74 Å². The van der Waals surface area contributed by atoms with Crippen molar-refractivity contribution in [2.75, 3.05) is 20.2 Å². The molecule has 0 amide bonds. The van der Waals surface area contributed by atoms with Crippen molar-refractivity contribution in [3.05, 3.63) is 48.3 Å². The van der Waals surface area contributed by atoms with Crippen LogP contribution in [0, 0.1) is 0 Å². The minimum atomic E-state index is -3.76. The van der Waals surface area contributed by atoms with Gasteiger partial charge in [-0.25, -0.2) is 13.2 Å². The summed E-state index contributed by atoms with van der Waals surface area (Å²) < 4.78 is 34.8. The molecular weight excluding hydrogens is 370 g/mol. The fraction of sp³-hybridized carbons (Fsp3) is 0.333. The third kappa shape index (κ3) is 4.20. The number of hydrogen-bond acceptors (Lipinski definition) is 5. The highest BCUT2D eigenvalue weighted by molar-refractivity contribution is 7.89. The Kier molecular flexibility index (Phi) is 5.62. The summed E-state index contributed by atoms with van der Waals surface area (Å²) in [4.78, 5) is 10.7. The Morgan fingerprint density at radius 1 is 1.33 bits per heavy atom. The third-order valence-electron chi connectivity index (χ3n) is 4.55. The zero-order chi connectivity index (χ0) is 19.4. The molecule has 1 aliphatic heterocycles. The Morgan fingerprint density at radius 2 is 2.07 bits per heavy atom. The first kappa shape index (κ1) is 19.1. The van der Waals surface area contributed by atoms with Gasteiger partial charge in [-0.15, -0.1) is 0 Å². The third-order valence-corrected chi connectivity index (χ3v) is 6.47. The van der Waals surface area contributed by atoms with E-state index in [4.69, 9.17) is 9.84 Å². The van der Waals surface area contributed by atoms with Crippen molar-refractivity contribution < 1.29 is 23.1 Å². The van der Waals surface area contributed by atoms with E-state index in [-0.39, 0.29) is 16.7 Å². The Morgan fingerprint density at radius 3 is 2.67 bits per heavy atom. The highest BCUT2D eigenvalue weighted by Gasteiger charge is 2.32. The van der Waals surface area contributed by atoms with Crippen molar-refractivity contribution in [1.82, 2.24) is 14.1 Å². The normalized spacial score (nSPS) is 16.6. The van der Waals surface area contributed by atoms with Gasteiger partial charge >= 0.3 is 5.97 Å². The fourth-order valence-electron chi connectivity index (χ4n) is 3.15. The maximum absolute atomic E-state index is 13.1. The molecule has 0 radical (unpaired) electrons. The Labute approximate surface area is 157 Å². The van der Waals surface area contributed by atoms with Gasteiger partial charge in [-0.2, -0.15) is 9.40 Å². The lowest BCUT2D eigenvalue weighted by Gasteiger charge is -2.31. The van der Waals surface area contributed by atoms with Crippen LogP contribution >= 0.6 is 0 Å². The fourth-order valence-corrected chi connectivity index (χ4v) is 4.81. The number of carboxylic acid groups (broad SMARTS) is 1. The molecule has 0 atom stereocenters. The van der Waals surface area contributed by atoms with E-state index >= 15 is 0 Å². The number of nitrogens with zero attached hydrogens (tertiary/aromatic N) is 3. The van der Waals surface area contributed by atoms with E-state index in [1.165, 1.54) is 29.6 Å². The van der Waals surface area contributed by atoms with E-state index in [1.54, 1.807) is 12.3 Å². The van der Waals surface area contributed by atoms with Crippen molar-refractivity contribution >= 4 is 22.1 Å². The number of rotatable bonds is 6. The molecule has 0 spiro atoms. The molecule has 9 heteroatoms. The lowest BCUT2D eigenvalue weighted by Crippen LogP contribution is -2.39. The Bertz CT molecular complexity index is 930. The molecular formula is C18H21N3O5S. The largest absolute Gasteiger partial charge is 0.495 e. The molecule has 2 heterocycles. The Balaban J connectivity index is 1.83. The number of benzene rings is 1. The van der Waals surface area contributed by atoms with Crippen molar-refractivity contribution in [1.29, 1.82) is 0 Å². The first-order valence-electron chi connectivity index (χ1n) is 8.50. The number of carboxylic acids is 1. The molecule has 0 aliphatic carbocycles. The highest BCUT2D eigenvalue weighted by Crippen LogP contribution is 2.31. The van der Waals surface area contributed by atoms with Gasteiger partial charge in [0.2, 0.25) is 10.0 Å². The van der Waals surface area contributed by atoms with Crippen molar-refractivity contribution in [3.8, 4) is 5.75 Å². The summed E-state index contributed by atoms with van der Waals surface area (Å²) in [7, 11) is -2.35. The molecule has 27 heavy (non-hydrogen) atoms. The standard InChI is InChI=1S/C18H21N3O5S/c1-26-16-5-3-14(4-6-18(22)23)13-17(16)27(24,25)20-11-7-15(8-12-20)21-10-2-9-19-21/h2-6,9-10,13,15H,7-8,11-12H2,1H3,(H,22,23).